The average molecular weight is 374 g/mol. The SMILES string of the molecule is O=C1C[C@H](c2cccs2)c2ncn(-c3cccc(Br)c3)c2N1. The molecule has 3 heterocycles. The number of rotatable bonds is 2. The average Bonchev–Trinajstić information content (AvgIpc) is 3.16. The standard InChI is InChI=1S/C16H12BrN3OS/c17-10-3-1-4-11(7-10)20-9-18-15-12(13-5-2-6-22-13)8-14(21)19-16(15)20/h1-7,9,12H,8H2,(H,19,21)/t12-/m1/s1. The van der Waals surface area contributed by atoms with Crippen molar-refractivity contribution in [1.82, 2.24) is 9.55 Å². The van der Waals surface area contributed by atoms with Crippen LogP contribution in [0.4, 0.5) is 5.82 Å². The molecule has 1 aliphatic rings. The number of imidazole rings is 1. The summed E-state index contributed by atoms with van der Waals surface area (Å²) in [5, 5.41) is 5.00. The lowest BCUT2D eigenvalue weighted by atomic mass is 9.96. The molecule has 1 atom stereocenters. The van der Waals surface area contributed by atoms with Crippen LogP contribution in [0, 0.1) is 0 Å². The molecule has 0 saturated heterocycles. The molecule has 22 heavy (non-hydrogen) atoms. The van der Waals surface area contributed by atoms with Gasteiger partial charge in [0.15, 0.2) is 0 Å². The Morgan fingerprint density at radius 2 is 2.23 bits per heavy atom. The lowest BCUT2D eigenvalue weighted by Crippen LogP contribution is -2.24. The highest BCUT2D eigenvalue weighted by Crippen LogP contribution is 2.39. The van der Waals surface area contributed by atoms with Crippen molar-refractivity contribution >= 4 is 39.0 Å². The van der Waals surface area contributed by atoms with E-state index in [9.17, 15) is 4.79 Å². The number of aromatic nitrogens is 2. The molecule has 0 unspecified atom stereocenters. The molecule has 2 aromatic heterocycles. The predicted molar refractivity (Wildman–Crippen MR) is 90.7 cm³/mol. The highest BCUT2D eigenvalue weighted by atomic mass is 79.9. The second-order valence-electron chi connectivity index (χ2n) is 5.15. The van der Waals surface area contributed by atoms with Gasteiger partial charge >= 0.3 is 0 Å². The molecule has 0 spiro atoms. The molecule has 6 heteroatoms. The van der Waals surface area contributed by atoms with Gasteiger partial charge in [-0.05, 0) is 29.6 Å². The normalized spacial score (nSPS) is 17.1. The van der Waals surface area contributed by atoms with Gasteiger partial charge in [-0.15, -0.1) is 11.3 Å². The summed E-state index contributed by atoms with van der Waals surface area (Å²) in [6, 6.07) is 12.0. The molecule has 0 radical (unpaired) electrons. The monoisotopic (exact) mass is 373 g/mol. The molecule has 1 aromatic carbocycles. The minimum Gasteiger partial charge on any atom is -0.310 e. The van der Waals surface area contributed by atoms with Crippen LogP contribution in [0.25, 0.3) is 5.69 Å². The topological polar surface area (TPSA) is 46.9 Å². The van der Waals surface area contributed by atoms with Gasteiger partial charge in [0.1, 0.15) is 12.1 Å². The number of amides is 1. The summed E-state index contributed by atoms with van der Waals surface area (Å²) < 4.78 is 2.92. The van der Waals surface area contributed by atoms with Crippen LogP contribution in [0.5, 0.6) is 0 Å². The first-order valence-electron chi connectivity index (χ1n) is 6.89. The van der Waals surface area contributed by atoms with Gasteiger partial charge in [-0.2, -0.15) is 0 Å². The molecule has 110 valence electrons. The lowest BCUT2D eigenvalue weighted by molar-refractivity contribution is -0.116. The van der Waals surface area contributed by atoms with E-state index in [0.717, 1.165) is 21.7 Å². The summed E-state index contributed by atoms with van der Waals surface area (Å²) >= 11 is 5.15. The summed E-state index contributed by atoms with van der Waals surface area (Å²) in [6.45, 7) is 0. The van der Waals surface area contributed by atoms with Gasteiger partial charge in [0.05, 0.1) is 5.69 Å². The van der Waals surface area contributed by atoms with E-state index < -0.39 is 0 Å². The van der Waals surface area contributed by atoms with Crippen LogP contribution in [0.3, 0.4) is 0 Å². The molecule has 3 aromatic rings. The van der Waals surface area contributed by atoms with Crippen molar-refractivity contribution in [1.29, 1.82) is 0 Å². The van der Waals surface area contributed by atoms with E-state index in [1.165, 1.54) is 4.88 Å². The third-order valence-electron chi connectivity index (χ3n) is 3.75. The van der Waals surface area contributed by atoms with Crippen molar-refractivity contribution in [3.05, 3.63) is 63.1 Å². The number of hydrogen-bond acceptors (Lipinski definition) is 3. The van der Waals surface area contributed by atoms with Gasteiger partial charge in [0, 0.05) is 27.4 Å². The molecule has 4 rings (SSSR count). The zero-order chi connectivity index (χ0) is 15.1. The van der Waals surface area contributed by atoms with Crippen molar-refractivity contribution in [2.45, 2.75) is 12.3 Å². The van der Waals surface area contributed by atoms with E-state index in [2.05, 4.69) is 32.3 Å². The zero-order valence-electron chi connectivity index (χ0n) is 11.5. The van der Waals surface area contributed by atoms with Gasteiger partial charge in [-0.1, -0.05) is 28.1 Å². The van der Waals surface area contributed by atoms with Crippen molar-refractivity contribution in [3.8, 4) is 5.69 Å². The fraction of sp³-hybridized carbons (Fsp3) is 0.125. The quantitative estimate of drug-likeness (QED) is 0.732. The Balaban J connectivity index is 1.84. The summed E-state index contributed by atoms with van der Waals surface area (Å²) in [5.74, 6) is 0.840. The maximum Gasteiger partial charge on any atom is 0.226 e. The first-order valence-corrected chi connectivity index (χ1v) is 8.56. The van der Waals surface area contributed by atoms with Gasteiger partial charge in [0.2, 0.25) is 5.91 Å². The fourth-order valence-corrected chi connectivity index (χ4v) is 3.97. The van der Waals surface area contributed by atoms with E-state index in [4.69, 9.17) is 0 Å². The Hall–Kier alpha value is -1.92. The number of nitrogens with one attached hydrogen (secondary N) is 1. The number of halogens is 1. The Labute approximate surface area is 139 Å². The molecule has 0 aliphatic carbocycles. The van der Waals surface area contributed by atoms with Gasteiger partial charge in [0.25, 0.3) is 0 Å². The van der Waals surface area contributed by atoms with Crippen molar-refractivity contribution in [2.75, 3.05) is 5.32 Å². The number of nitrogens with zero attached hydrogens (tertiary/aromatic N) is 2. The van der Waals surface area contributed by atoms with Crippen LogP contribution < -0.4 is 5.32 Å². The Morgan fingerprint density at radius 3 is 3.00 bits per heavy atom. The van der Waals surface area contributed by atoms with Crippen LogP contribution in [-0.2, 0) is 4.79 Å². The molecule has 1 aliphatic heterocycles. The van der Waals surface area contributed by atoms with E-state index in [1.807, 2.05) is 40.3 Å². The van der Waals surface area contributed by atoms with Crippen LogP contribution in [-0.4, -0.2) is 15.5 Å². The highest BCUT2D eigenvalue weighted by Gasteiger charge is 2.31. The fourth-order valence-electron chi connectivity index (χ4n) is 2.75. The summed E-state index contributed by atoms with van der Waals surface area (Å²) in [4.78, 5) is 17.9. The lowest BCUT2D eigenvalue weighted by Gasteiger charge is -2.22. The third kappa shape index (κ3) is 2.28. The van der Waals surface area contributed by atoms with Gasteiger partial charge in [-0.3, -0.25) is 9.36 Å². The van der Waals surface area contributed by atoms with E-state index in [-0.39, 0.29) is 11.8 Å². The number of fused-ring (bicyclic) bond motifs is 1. The number of hydrogen-bond donors (Lipinski definition) is 1. The highest BCUT2D eigenvalue weighted by molar-refractivity contribution is 9.10. The predicted octanol–water partition coefficient (Wildman–Crippen LogP) is 4.17. The minimum atomic E-state index is 0.0302. The van der Waals surface area contributed by atoms with Crippen LogP contribution in [0.2, 0.25) is 0 Å². The molecule has 1 amide bonds. The Bertz CT molecular complexity index is 841. The van der Waals surface area contributed by atoms with Crippen molar-refractivity contribution in [2.24, 2.45) is 0 Å². The maximum atomic E-state index is 12.1. The largest absolute Gasteiger partial charge is 0.310 e. The van der Waals surface area contributed by atoms with Gasteiger partial charge in [-0.25, -0.2) is 4.98 Å². The maximum absolute atomic E-state index is 12.1. The van der Waals surface area contributed by atoms with E-state index >= 15 is 0 Å². The molecule has 4 nitrogen and oxygen atoms in total. The number of anilines is 1. The second kappa shape index (κ2) is 5.37. The van der Waals surface area contributed by atoms with Crippen LogP contribution in [0.1, 0.15) is 22.9 Å². The molecular weight excluding hydrogens is 362 g/mol. The second-order valence-corrected chi connectivity index (χ2v) is 7.04. The molecule has 0 saturated carbocycles. The molecular formula is C16H12BrN3OS. The van der Waals surface area contributed by atoms with E-state index in [1.54, 1.807) is 17.7 Å². The number of carbonyl (C=O) groups excluding carboxylic acids is 1. The van der Waals surface area contributed by atoms with Crippen LogP contribution >= 0.6 is 27.3 Å². The molecule has 0 bridgehead atoms. The molecule has 1 N–H and O–H groups in total. The first-order chi connectivity index (χ1) is 10.7. The number of thiophene rings is 1. The Kier molecular flexibility index (Phi) is 3.35. The Morgan fingerprint density at radius 1 is 1.32 bits per heavy atom. The summed E-state index contributed by atoms with van der Waals surface area (Å²) in [6.07, 6.45) is 2.22. The summed E-state index contributed by atoms with van der Waals surface area (Å²) in [5.41, 5.74) is 1.90. The smallest absolute Gasteiger partial charge is 0.226 e. The van der Waals surface area contributed by atoms with Crippen molar-refractivity contribution in [3.63, 3.8) is 0 Å². The van der Waals surface area contributed by atoms with Crippen LogP contribution in [0.15, 0.2) is 52.6 Å². The van der Waals surface area contributed by atoms with Gasteiger partial charge < -0.3 is 5.32 Å². The zero-order valence-corrected chi connectivity index (χ0v) is 13.9. The number of carbonyl (C=O) groups is 1. The van der Waals surface area contributed by atoms with Crippen molar-refractivity contribution < 1.29 is 4.79 Å². The first kappa shape index (κ1) is 13.7. The minimum absolute atomic E-state index is 0.0302. The number of benzene rings is 1. The third-order valence-corrected chi connectivity index (χ3v) is 5.23. The molecule has 0 fully saturated rings. The van der Waals surface area contributed by atoms with E-state index in [0.29, 0.717) is 6.42 Å². The summed E-state index contributed by atoms with van der Waals surface area (Å²) in [7, 11) is 0.